The summed E-state index contributed by atoms with van der Waals surface area (Å²) < 4.78 is 0. The molecule has 104 valence electrons. The maximum Gasteiger partial charge on any atom is 0.251 e. The fourth-order valence-corrected chi connectivity index (χ4v) is 1.94. The summed E-state index contributed by atoms with van der Waals surface area (Å²) in [5, 5.41) is 2.74. The number of amides is 1. The van der Waals surface area contributed by atoms with Gasteiger partial charge in [0.25, 0.3) is 5.91 Å². The van der Waals surface area contributed by atoms with Crippen molar-refractivity contribution in [2.45, 2.75) is 38.6 Å². The molecule has 4 nitrogen and oxygen atoms in total. The van der Waals surface area contributed by atoms with Crippen LogP contribution >= 0.6 is 11.6 Å². The van der Waals surface area contributed by atoms with Gasteiger partial charge in [-0.15, -0.1) is 11.6 Å². The number of pyridine rings is 1. The SMILES string of the molecule is CCCCC[C@H](NC(=O)c1ccncc1)C(=O)CCl. The lowest BCUT2D eigenvalue weighted by Crippen LogP contribution is -2.41. The van der Waals surface area contributed by atoms with Crippen molar-refractivity contribution in [2.75, 3.05) is 5.88 Å². The third kappa shape index (κ3) is 5.39. The first-order valence-corrected chi connectivity index (χ1v) is 7.02. The van der Waals surface area contributed by atoms with Gasteiger partial charge in [-0.2, -0.15) is 0 Å². The van der Waals surface area contributed by atoms with Gasteiger partial charge in [-0.3, -0.25) is 14.6 Å². The van der Waals surface area contributed by atoms with Crippen LogP contribution in [-0.2, 0) is 4.79 Å². The number of nitrogens with zero attached hydrogens (tertiary/aromatic N) is 1. The zero-order valence-corrected chi connectivity index (χ0v) is 11.8. The van der Waals surface area contributed by atoms with Crippen LogP contribution in [0.1, 0.15) is 43.0 Å². The third-order valence-corrected chi connectivity index (χ3v) is 3.13. The maximum absolute atomic E-state index is 12.0. The summed E-state index contributed by atoms with van der Waals surface area (Å²) in [5.74, 6) is -0.476. The lowest BCUT2D eigenvalue weighted by atomic mass is 10.0. The molecule has 0 radical (unpaired) electrons. The zero-order chi connectivity index (χ0) is 14.1. The molecule has 0 aliphatic carbocycles. The van der Waals surface area contributed by atoms with Gasteiger partial charge in [0.2, 0.25) is 0 Å². The highest BCUT2D eigenvalue weighted by Gasteiger charge is 2.19. The smallest absolute Gasteiger partial charge is 0.251 e. The van der Waals surface area contributed by atoms with E-state index in [2.05, 4.69) is 17.2 Å². The Morgan fingerprint density at radius 1 is 1.32 bits per heavy atom. The summed E-state index contributed by atoms with van der Waals surface area (Å²) in [5.41, 5.74) is 0.498. The maximum atomic E-state index is 12.0. The standard InChI is InChI=1S/C14H19ClN2O2/c1-2-3-4-5-12(13(18)10-15)17-14(19)11-6-8-16-9-7-11/h6-9,12H,2-5,10H2,1H3,(H,17,19)/t12-/m0/s1. The van der Waals surface area contributed by atoms with Gasteiger partial charge in [0.1, 0.15) is 0 Å². The van der Waals surface area contributed by atoms with Crippen LogP contribution in [0.25, 0.3) is 0 Å². The number of hydrogen-bond donors (Lipinski definition) is 1. The number of carbonyl (C=O) groups is 2. The minimum absolute atomic E-state index is 0.0760. The predicted octanol–water partition coefficient (Wildman–Crippen LogP) is 2.57. The number of unbranched alkanes of at least 4 members (excludes halogenated alkanes) is 2. The second-order valence-electron chi connectivity index (χ2n) is 4.36. The lowest BCUT2D eigenvalue weighted by molar-refractivity contribution is -0.118. The van der Waals surface area contributed by atoms with Crippen molar-refractivity contribution in [3.8, 4) is 0 Å². The van der Waals surface area contributed by atoms with Crippen LogP contribution in [0, 0.1) is 0 Å². The monoisotopic (exact) mass is 282 g/mol. The number of nitrogens with one attached hydrogen (secondary N) is 1. The Balaban J connectivity index is 2.61. The summed E-state index contributed by atoms with van der Waals surface area (Å²) in [6.07, 6.45) is 6.74. The first kappa shape index (κ1) is 15.6. The second-order valence-corrected chi connectivity index (χ2v) is 4.62. The van der Waals surface area contributed by atoms with E-state index in [0.717, 1.165) is 19.3 Å². The summed E-state index contributed by atoms with van der Waals surface area (Å²) in [7, 11) is 0. The molecule has 0 saturated carbocycles. The summed E-state index contributed by atoms with van der Waals surface area (Å²) >= 11 is 5.58. The van der Waals surface area contributed by atoms with E-state index in [1.165, 1.54) is 0 Å². The highest BCUT2D eigenvalue weighted by atomic mass is 35.5. The zero-order valence-electron chi connectivity index (χ0n) is 11.1. The van der Waals surface area contributed by atoms with E-state index in [1.54, 1.807) is 24.5 Å². The molecule has 0 spiro atoms. The van der Waals surface area contributed by atoms with Gasteiger partial charge in [0, 0.05) is 18.0 Å². The summed E-state index contributed by atoms with van der Waals surface area (Å²) in [6.45, 7) is 2.09. The number of rotatable bonds is 8. The molecule has 0 saturated heterocycles. The molecule has 1 aromatic heterocycles. The molecule has 19 heavy (non-hydrogen) atoms. The van der Waals surface area contributed by atoms with Gasteiger partial charge >= 0.3 is 0 Å². The fraction of sp³-hybridized carbons (Fsp3) is 0.500. The molecule has 0 aliphatic rings. The minimum atomic E-state index is -0.496. The Labute approximate surface area is 118 Å². The minimum Gasteiger partial charge on any atom is -0.342 e. The largest absolute Gasteiger partial charge is 0.342 e. The normalized spacial score (nSPS) is 11.9. The topological polar surface area (TPSA) is 59.1 Å². The third-order valence-electron chi connectivity index (χ3n) is 2.86. The quantitative estimate of drug-likeness (QED) is 0.589. The Kier molecular flexibility index (Phi) is 7.11. The van der Waals surface area contributed by atoms with E-state index in [-0.39, 0.29) is 17.6 Å². The van der Waals surface area contributed by atoms with Gasteiger partial charge in [0.15, 0.2) is 5.78 Å². The Hall–Kier alpha value is -1.42. The van der Waals surface area contributed by atoms with Gasteiger partial charge in [-0.05, 0) is 18.6 Å². The highest BCUT2D eigenvalue weighted by Crippen LogP contribution is 2.07. The summed E-state index contributed by atoms with van der Waals surface area (Å²) in [6, 6.07) is 2.73. The molecule has 0 unspecified atom stereocenters. The van der Waals surface area contributed by atoms with E-state index in [4.69, 9.17) is 11.6 Å². The fourth-order valence-electron chi connectivity index (χ4n) is 1.75. The Bertz CT molecular complexity index is 409. The Morgan fingerprint density at radius 2 is 2.00 bits per heavy atom. The number of hydrogen-bond acceptors (Lipinski definition) is 3. The van der Waals surface area contributed by atoms with Crippen LogP contribution in [0.15, 0.2) is 24.5 Å². The molecular weight excluding hydrogens is 264 g/mol. The molecule has 0 aromatic carbocycles. The van der Waals surface area contributed by atoms with Gasteiger partial charge in [-0.25, -0.2) is 0 Å². The molecule has 0 aliphatic heterocycles. The number of halogens is 1. The number of Topliss-reactive ketones (excluding diaryl/α,β-unsaturated/α-hetero) is 1. The molecule has 1 amide bonds. The van der Waals surface area contributed by atoms with Crippen LogP contribution in [0.5, 0.6) is 0 Å². The van der Waals surface area contributed by atoms with E-state index in [0.29, 0.717) is 12.0 Å². The molecule has 1 heterocycles. The van der Waals surface area contributed by atoms with E-state index in [1.807, 2.05) is 0 Å². The van der Waals surface area contributed by atoms with Crippen molar-refractivity contribution in [1.82, 2.24) is 10.3 Å². The lowest BCUT2D eigenvalue weighted by Gasteiger charge is -2.16. The van der Waals surface area contributed by atoms with E-state index in [9.17, 15) is 9.59 Å². The van der Waals surface area contributed by atoms with Crippen LogP contribution in [0.4, 0.5) is 0 Å². The van der Waals surface area contributed by atoms with E-state index < -0.39 is 6.04 Å². The van der Waals surface area contributed by atoms with Crippen molar-refractivity contribution in [3.63, 3.8) is 0 Å². The number of aromatic nitrogens is 1. The van der Waals surface area contributed by atoms with Crippen LogP contribution in [0.3, 0.4) is 0 Å². The van der Waals surface area contributed by atoms with Crippen LogP contribution in [-0.4, -0.2) is 28.6 Å². The molecule has 0 fully saturated rings. The van der Waals surface area contributed by atoms with Crippen molar-refractivity contribution in [2.24, 2.45) is 0 Å². The second kappa shape index (κ2) is 8.64. The van der Waals surface area contributed by atoms with E-state index >= 15 is 0 Å². The summed E-state index contributed by atoms with van der Waals surface area (Å²) in [4.78, 5) is 27.5. The first-order chi connectivity index (χ1) is 9.19. The first-order valence-electron chi connectivity index (χ1n) is 6.48. The predicted molar refractivity (Wildman–Crippen MR) is 75.4 cm³/mol. The number of carbonyl (C=O) groups excluding carboxylic acids is 2. The van der Waals surface area contributed by atoms with Gasteiger partial charge < -0.3 is 5.32 Å². The van der Waals surface area contributed by atoms with Crippen molar-refractivity contribution < 1.29 is 9.59 Å². The van der Waals surface area contributed by atoms with Crippen molar-refractivity contribution >= 4 is 23.3 Å². The van der Waals surface area contributed by atoms with Crippen LogP contribution in [0.2, 0.25) is 0 Å². The van der Waals surface area contributed by atoms with Gasteiger partial charge in [0.05, 0.1) is 11.9 Å². The van der Waals surface area contributed by atoms with Gasteiger partial charge in [-0.1, -0.05) is 26.2 Å². The molecular formula is C14H19ClN2O2. The average Bonchev–Trinajstić information content (AvgIpc) is 2.46. The van der Waals surface area contributed by atoms with Crippen molar-refractivity contribution in [3.05, 3.63) is 30.1 Å². The molecule has 1 N–H and O–H groups in total. The number of ketones is 1. The molecule has 5 heteroatoms. The highest BCUT2D eigenvalue weighted by molar-refractivity contribution is 6.28. The Morgan fingerprint density at radius 3 is 2.58 bits per heavy atom. The molecule has 1 aromatic rings. The van der Waals surface area contributed by atoms with Crippen LogP contribution < -0.4 is 5.32 Å². The molecule has 1 atom stereocenters. The average molecular weight is 283 g/mol. The molecule has 1 rings (SSSR count). The van der Waals surface area contributed by atoms with Crippen molar-refractivity contribution in [1.29, 1.82) is 0 Å². The number of alkyl halides is 1. The molecule has 0 bridgehead atoms.